The van der Waals surface area contributed by atoms with Crippen LogP contribution in [0.2, 0.25) is 0 Å². The zero-order chi connectivity index (χ0) is 21.5. The molecule has 0 atom stereocenters. The number of benzene rings is 2. The normalized spacial score (nSPS) is 11.2. The summed E-state index contributed by atoms with van der Waals surface area (Å²) in [6, 6.07) is 14.7. The number of carboxylic acids is 1. The number of hydrogen-bond donors (Lipinski definition) is 2. The quantitative estimate of drug-likeness (QED) is 0.522. The SMILES string of the molecule is CC(C)c1csc(/C=C/c2cccc(NC(=O)Cc3ccccc3CC(=O)O)c2)n1. The Morgan fingerprint density at radius 2 is 1.80 bits per heavy atom. The summed E-state index contributed by atoms with van der Waals surface area (Å²) in [5.74, 6) is -0.693. The van der Waals surface area contributed by atoms with Crippen molar-refractivity contribution in [3.8, 4) is 0 Å². The maximum absolute atomic E-state index is 12.5. The molecule has 1 aromatic heterocycles. The number of rotatable bonds is 8. The lowest BCUT2D eigenvalue weighted by Gasteiger charge is -2.09. The van der Waals surface area contributed by atoms with Gasteiger partial charge in [-0.05, 0) is 40.8 Å². The predicted octanol–water partition coefficient (Wildman–Crippen LogP) is 5.25. The lowest BCUT2D eigenvalue weighted by Crippen LogP contribution is -2.16. The van der Waals surface area contributed by atoms with Gasteiger partial charge in [0.15, 0.2) is 0 Å². The molecule has 154 valence electrons. The first kappa shape index (κ1) is 21.5. The summed E-state index contributed by atoms with van der Waals surface area (Å²) >= 11 is 1.61. The van der Waals surface area contributed by atoms with E-state index in [1.54, 1.807) is 29.5 Å². The van der Waals surface area contributed by atoms with Crippen LogP contribution in [0, 0.1) is 0 Å². The minimum atomic E-state index is -0.914. The van der Waals surface area contributed by atoms with Gasteiger partial charge in [-0.1, -0.05) is 56.3 Å². The van der Waals surface area contributed by atoms with Gasteiger partial charge < -0.3 is 10.4 Å². The van der Waals surface area contributed by atoms with Crippen LogP contribution in [0.3, 0.4) is 0 Å². The summed E-state index contributed by atoms with van der Waals surface area (Å²) < 4.78 is 0. The number of carbonyl (C=O) groups excluding carboxylic acids is 1. The van der Waals surface area contributed by atoms with Crippen LogP contribution < -0.4 is 5.32 Å². The third kappa shape index (κ3) is 6.12. The van der Waals surface area contributed by atoms with E-state index >= 15 is 0 Å². The molecule has 0 unspecified atom stereocenters. The van der Waals surface area contributed by atoms with Crippen molar-refractivity contribution in [1.29, 1.82) is 0 Å². The minimum absolute atomic E-state index is 0.0982. The number of nitrogens with one attached hydrogen (secondary N) is 1. The number of aliphatic carboxylic acids is 1. The third-order valence-electron chi connectivity index (χ3n) is 4.53. The van der Waals surface area contributed by atoms with Crippen molar-refractivity contribution in [2.45, 2.75) is 32.6 Å². The average molecular weight is 421 g/mol. The first-order valence-electron chi connectivity index (χ1n) is 9.72. The summed E-state index contributed by atoms with van der Waals surface area (Å²) in [6.07, 6.45) is 3.97. The van der Waals surface area contributed by atoms with E-state index in [1.165, 1.54) is 0 Å². The molecule has 0 aliphatic rings. The molecule has 2 N–H and O–H groups in total. The number of hydrogen-bond acceptors (Lipinski definition) is 4. The van der Waals surface area contributed by atoms with Gasteiger partial charge in [0.05, 0.1) is 18.5 Å². The Morgan fingerprint density at radius 3 is 2.47 bits per heavy atom. The fraction of sp³-hybridized carbons (Fsp3) is 0.208. The number of carbonyl (C=O) groups is 2. The molecule has 6 heteroatoms. The van der Waals surface area contributed by atoms with Crippen molar-refractivity contribution in [1.82, 2.24) is 4.98 Å². The van der Waals surface area contributed by atoms with Gasteiger partial charge in [0, 0.05) is 11.1 Å². The summed E-state index contributed by atoms with van der Waals surface area (Å²) in [5, 5.41) is 15.0. The smallest absolute Gasteiger partial charge is 0.307 e. The van der Waals surface area contributed by atoms with Gasteiger partial charge in [0.1, 0.15) is 5.01 Å². The van der Waals surface area contributed by atoms with Gasteiger partial charge in [0.25, 0.3) is 0 Å². The summed E-state index contributed by atoms with van der Waals surface area (Å²) in [7, 11) is 0. The van der Waals surface area contributed by atoms with Gasteiger partial charge in [-0.25, -0.2) is 4.98 Å². The highest BCUT2D eigenvalue weighted by atomic mass is 32.1. The van der Waals surface area contributed by atoms with Crippen LogP contribution in [-0.2, 0) is 22.4 Å². The fourth-order valence-corrected chi connectivity index (χ4v) is 3.84. The number of thiazole rings is 1. The third-order valence-corrected chi connectivity index (χ3v) is 5.36. The van der Waals surface area contributed by atoms with Crippen LogP contribution >= 0.6 is 11.3 Å². The Morgan fingerprint density at radius 1 is 1.07 bits per heavy atom. The zero-order valence-corrected chi connectivity index (χ0v) is 17.8. The van der Waals surface area contributed by atoms with Crippen molar-refractivity contribution in [3.05, 3.63) is 81.3 Å². The average Bonchev–Trinajstić information content (AvgIpc) is 3.17. The van der Waals surface area contributed by atoms with Crippen LogP contribution in [0.1, 0.15) is 47.2 Å². The van der Waals surface area contributed by atoms with Gasteiger partial charge in [0.2, 0.25) is 5.91 Å². The molecule has 1 amide bonds. The van der Waals surface area contributed by atoms with Crippen molar-refractivity contribution < 1.29 is 14.7 Å². The Hall–Kier alpha value is -3.25. The summed E-state index contributed by atoms with van der Waals surface area (Å²) in [5.41, 5.74) is 4.11. The number of aromatic nitrogens is 1. The van der Waals surface area contributed by atoms with Crippen molar-refractivity contribution >= 4 is 41.1 Å². The van der Waals surface area contributed by atoms with Crippen LogP contribution in [0.4, 0.5) is 5.69 Å². The van der Waals surface area contributed by atoms with E-state index in [0.29, 0.717) is 17.2 Å². The topological polar surface area (TPSA) is 79.3 Å². The van der Waals surface area contributed by atoms with Crippen molar-refractivity contribution in [2.75, 3.05) is 5.32 Å². The molecule has 0 radical (unpaired) electrons. The van der Waals surface area contributed by atoms with E-state index in [2.05, 4.69) is 29.5 Å². The Kier molecular flexibility index (Phi) is 7.14. The highest BCUT2D eigenvalue weighted by Gasteiger charge is 2.11. The molecule has 0 fully saturated rings. The maximum Gasteiger partial charge on any atom is 0.307 e. The molecule has 0 saturated carbocycles. The van der Waals surface area contributed by atoms with Gasteiger partial charge in [-0.2, -0.15) is 0 Å². The molecule has 3 rings (SSSR count). The largest absolute Gasteiger partial charge is 0.481 e. The minimum Gasteiger partial charge on any atom is -0.481 e. The number of nitrogens with zero attached hydrogens (tertiary/aromatic N) is 1. The molecule has 30 heavy (non-hydrogen) atoms. The summed E-state index contributed by atoms with van der Waals surface area (Å²) in [4.78, 5) is 28.1. The lowest BCUT2D eigenvalue weighted by molar-refractivity contribution is -0.136. The first-order valence-corrected chi connectivity index (χ1v) is 10.6. The van der Waals surface area contributed by atoms with Crippen molar-refractivity contribution in [2.24, 2.45) is 0 Å². The van der Waals surface area contributed by atoms with E-state index in [4.69, 9.17) is 5.11 Å². The number of amides is 1. The number of anilines is 1. The molecule has 0 aliphatic heterocycles. The van der Waals surface area contributed by atoms with Crippen molar-refractivity contribution in [3.63, 3.8) is 0 Å². The lowest BCUT2D eigenvalue weighted by atomic mass is 10.0. The monoisotopic (exact) mass is 420 g/mol. The van der Waals surface area contributed by atoms with E-state index in [0.717, 1.165) is 21.8 Å². The molecule has 0 aliphatic carbocycles. The Balaban J connectivity index is 1.65. The maximum atomic E-state index is 12.5. The Labute approximate surface area is 180 Å². The molecular formula is C24H24N2O3S. The zero-order valence-electron chi connectivity index (χ0n) is 17.0. The molecule has 0 bridgehead atoms. The second kappa shape index (κ2) is 9.98. The van der Waals surface area contributed by atoms with Crippen LogP contribution in [0.15, 0.2) is 53.9 Å². The fourth-order valence-electron chi connectivity index (χ4n) is 2.97. The molecule has 2 aromatic carbocycles. The molecule has 1 heterocycles. The van der Waals surface area contributed by atoms with Crippen LogP contribution in [0.5, 0.6) is 0 Å². The number of carboxylic acid groups (broad SMARTS) is 1. The Bertz CT molecular complexity index is 1070. The van der Waals surface area contributed by atoms with Gasteiger partial charge in [-0.15, -0.1) is 11.3 Å². The predicted molar refractivity (Wildman–Crippen MR) is 122 cm³/mol. The van der Waals surface area contributed by atoms with Gasteiger partial charge in [-0.3, -0.25) is 9.59 Å². The molecule has 3 aromatic rings. The second-order valence-electron chi connectivity index (χ2n) is 7.29. The highest BCUT2D eigenvalue weighted by molar-refractivity contribution is 7.10. The molecule has 0 saturated heterocycles. The first-order chi connectivity index (χ1) is 14.4. The van der Waals surface area contributed by atoms with E-state index < -0.39 is 5.97 Å². The van der Waals surface area contributed by atoms with Crippen LogP contribution in [-0.4, -0.2) is 22.0 Å². The standard InChI is InChI=1S/C24H24N2O3S/c1-16(2)21-15-30-23(26-21)11-10-17-6-5-9-20(12-17)25-22(27)13-18-7-3-4-8-19(18)14-24(28)29/h3-12,15-16H,13-14H2,1-2H3,(H,25,27)(H,28,29)/b11-10+. The van der Waals surface area contributed by atoms with E-state index in [1.807, 2.05) is 42.5 Å². The van der Waals surface area contributed by atoms with E-state index in [-0.39, 0.29) is 18.7 Å². The molecule has 0 spiro atoms. The van der Waals surface area contributed by atoms with E-state index in [9.17, 15) is 9.59 Å². The molecule has 5 nitrogen and oxygen atoms in total. The van der Waals surface area contributed by atoms with Gasteiger partial charge >= 0.3 is 5.97 Å². The highest BCUT2D eigenvalue weighted by Crippen LogP contribution is 2.20. The van der Waals surface area contributed by atoms with Crippen LogP contribution in [0.25, 0.3) is 12.2 Å². The molecular weight excluding hydrogens is 396 g/mol. The second-order valence-corrected chi connectivity index (χ2v) is 8.18. The summed E-state index contributed by atoms with van der Waals surface area (Å²) in [6.45, 7) is 4.24.